The molecule has 0 atom stereocenters. The van der Waals surface area contributed by atoms with Crippen LogP contribution >= 0.6 is 12.2 Å². The van der Waals surface area contributed by atoms with Crippen molar-refractivity contribution in [2.24, 2.45) is 0 Å². The van der Waals surface area contributed by atoms with Gasteiger partial charge < -0.3 is 9.84 Å². The summed E-state index contributed by atoms with van der Waals surface area (Å²) in [6, 6.07) is 17.2. The first-order valence-corrected chi connectivity index (χ1v) is 10.3. The van der Waals surface area contributed by atoms with E-state index in [9.17, 15) is 9.59 Å². The number of aryl methyl sites for hydroxylation is 1. The van der Waals surface area contributed by atoms with E-state index in [2.05, 4.69) is 22.4 Å². The lowest BCUT2D eigenvalue weighted by Gasteiger charge is -2.25. The SMILES string of the molecule is CCc1cc2c(c3ccccc13)NC(=O)CC(=O)N2c1cccc(-c2nc(=S)o[nH]2)c1. The molecule has 0 aliphatic carbocycles. The third-order valence-electron chi connectivity index (χ3n) is 5.37. The normalized spacial score (nSPS) is 13.8. The highest BCUT2D eigenvalue weighted by molar-refractivity contribution is 7.71. The predicted octanol–water partition coefficient (Wildman–Crippen LogP) is 5.12. The summed E-state index contributed by atoms with van der Waals surface area (Å²) in [5.74, 6) is -0.171. The highest BCUT2D eigenvalue weighted by Crippen LogP contribution is 2.42. The first-order chi connectivity index (χ1) is 15.0. The van der Waals surface area contributed by atoms with E-state index in [1.807, 2.05) is 54.6 Å². The summed E-state index contributed by atoms with van der Waals surface area (Å²) in [5.41, 5.74) is 3.72. The van der Waals surface area contributed by atoms with Crippen molar-refractivity contribution in [2.75, 3.05) is 10.2 Å². The molecule has 0 fully saturated rings. The van der Waals surface area contributed by atoms with E-state index in [1.165, 1.54) is 0 Å². The number of aromatic nitrogens is 2. The summed E-state index contributed by atoms with van der Waals surface area (Å²) in [4.78, 5) is 31.6. The van der Waals surface area contributed by atoms with E-state index >= 15 is 0 Å². The third-order valence-corrected chi connectivity index (χ3v) is 5.55. The lowest BCUT2D eigenvalue weighted by atomic mass is 9.98. The number of rotatable bonds is 3. The molecule has 1 aliphatic rings. The second-order valence-corrected chi connectivity index (χ2v) is 7.61. The zero-order valence-electron chi connectivity index (χ0n) is 16.6. The first kappa shape index (κ1) is 19.2. The number of carbonyl (C=O) groups excluding carboxylic acids is 2. The quantitative estimate of drug-likeness (QED) is 0.348. The average molecular weight is 430 g/mol. The topological polar surface area (TPSA) is 91.2 Å². The molecule has 0 spiro atoms. The van der Waals surface area contributed by atoms with E-state index in [-0.39, 0.29) is 23.1 Å². The van der Waals surface area contributed by atoms with Crippen LogP contribution in [-0.4, -0.2) is 22.0 Å². The van der Waals surface area contributed by atoms with Crippen LogP contribution in [0.3, 0.4) is 0 Å². The summed E-state index contributed by atoms with van der Waals surface area (Å²) >= 11 is 4.95. The van der Waals surface area contributed by atoms with Gasteiger partial charge in [-0.1, -0.05) is 43.3 Å². The van der Waals surface area contributed by atoms with Crippen molar-refractivity contribution in [2.45, 2.75) is 19.8 Å². The van der Waals surface area contributed by atoms with Gasteiger partial charge in [-0.05, 0) is 47.8 Å². The number of aromatic amines is 1. The van der Waals surface area contributed by atoms with E-state index in [1.54, 1.807) is 4.90 Å². The number of nitrogens with zero attached hydrogens (tertiary/aromatic N) is 2. The molecule has 2 amide bonds. The molecule has 1 aromatic heterocycles. The molecule has 0 saturated carbocycles. The molecule has 0 bridgehead atoms. The fraction of sp³-hybridized carbons (Fsp3) is 0.130. The molecule has 1 aliphatic heterocycles. The number of hydrogen-bond acceptors (Lipinski definition) is 5. The number of H-pyrrole nitrogens is 1. The van der Waals surface area contributed by atoms with Crippen molar-refractivity contribution < 1.29 is 14.1 Å². The molecule has 0 unspecified atom stereocenters. The largest absolute Gasteiger partial charge is 0.348 e. The molecule has 2 heterocycles. The molecule has 31 heavy (non-hydrogen) atoms. The number of amides is 2. The lowest BCUT2D eigenvalue weighted by molar-refractivity contribution is -0.124. The Morgan fingerprint density at radius 2 is 1.90 bits per heavy atom. The van der Waals surface area contributed by atoms with E-state index in [0.717, 1.165) is 22.8 Å². The highest BCUT2D eigenvalue weighted by atomic mass is 32.1. The predicted molar refractivity (Wildman–Crippen MR) is 121 cm³/mol. The standard InChI is InChI=1S/C23H18N4O3S/c1-2-13-11-18-21(17-9-4-3-8-16(13)17)24-19(28)12-20(29)27(18)15-7-5-6-14(10-15)22-25-23(31)30-26-22/h3-11H,2,12H2,1H3,(H,24,28)(H,25,26,31). The van der Waals surface area contributed by atoms with Gasteiger partial charge in [0.15, 0.2) is 5.82 Å². The summed E-state index contributed by atoms with van der Waals surface area (Å²) in [5, 5.41) is 7.59. The fourth-order valence-corrected chi connectivity index (χ4v) is 4.13. The van der Waals surface area contributed by atoms with Gasteiger partial charge >= 0.3 is 4.84 Å². The summed E-state index contributed by atoms with van der Waals surface area (Å²) in [7, 11) is 0. The zero-order valence-corrected chi connectivity index (χ0v) is 17.5. The second kappa shape index (κ2) is 7.48. The molecule has 5 rings (SSSR count). The highest BCUT2D eigenvalue weighted by Gasteiger charge is 2.29. The van der Waals surface area contributed by atoms with Gasteiger partial charge in [-0.15, -0.1) is 0 Å². The van der Waals surface area contributed by atoms with Crippen LogP contribution in [0.5, 0.6) is 0 Å². The summed E-state index contributed by atoms with van der Waals surface area (Å²) in [6.07, 6.45) is 0.542. The van der Waals surface area contributed by atoms with Crippen molar-refractivity contribution >= 4 is 51.9 Å². The van der Waals surface area contributed by atoms with E-state index < -0.39 is 0 Å². The zero-order chi connectivity index (χ0) is 21.5. The van der Waals surface area contributed by atoms with Gasteiger partial charge in [-0.2, -0.15) is 4.98 Å². The van der Waals surface area contributed by atoms with Crippen LogP contribution in [0.1, 0.15) is 18.9 Å². The Balaban J connectivity index is 1.75. The van der Waals surface area contributed by atoms with Crippen molar-refractivity contribution in [1.82, 2.24) is 10.1 Å². The van der Waals surface area contributed by atoms with Crippen LogP contribution < -0.4 is 10.2 Å². The van der Waals surface area contributed by atoms with Gasteiger partial charge in [0.2, 0.25) is 11.8 Å². The van der Waals surface area contributed by atoms with Gasteiger partial charge in [0, 0.05) is 16.6 Å². The van der Waals surface area contributed by atoms with Gasteiger partial charge in [0.1, 0.15) is 6.42 Å². The molecule has 4 aromatic rings. The number of nitrogens with one attached hydrogen (secondary N) is 2. The Morgan fingerprint density at radius 1 is 1.10 bits per heavy atom. The molecule has 0 radical (unpaired) electrons. The van der Waals surface area contributed by atoms with Gasteiger partial charge in [-0.3, -0.25) is 14.5 Å². The maximum atomic E-state index is 13.2. The van der Waals surface area contributed by atoms with Gasteiger partial charge in [-0.25, -0.2) is 5.16 Å². The number of hydrogen-bond donors (Lipinski definition) is 2. The van der Waals surface area contributed by atoms with Crippen LogP contribution in [0.4, 0.5) is 17.1 Å². The molecule has 3 aromatic carbocycles. The molecule has 0 saturated heterocycles. The summed E-state index contributed by atoms with van der Waals surface area (Å²) in [6.45, 7) is 2.07. The Morgan fingerprint density at radius 3 is 2.65 bits per heavy atom. The van der Waals surface area contributed by atoms with Crippen molar-refractivity contribution in [1.29, 1.82) is 0 Å². The third kappa shape index (κ3) is 3.30. The Kier molecular flexibility index (Phi) is 4.63. The van der Waals surface area contributed by atoms with E-state index in [0.29, 0.717) is 28.5 Å². The minimum atomic E-state index is -0.333. The number of anilines is 3. The maximum Gasteiger partial charge on any atom is 0.314 e. The first-order valence-electron chi connectivity index (χ1n) is 9.88. The van der Waals surface area contributed by atoms with Crippen LogP contribution in [-0.2, 0) is 16.0 Å². The monoisotopic (exact) mass is 430 g/mol. The Labute approximate surface area is 182 Å². The van der Waals surface area contributed by atoms with Crippen molar-refractivity contribution in [3.8, 4) is 11.4 Å². The van der Waals surface area contributed by atoms with Crippen LogP contribution in [0, 0.1) is 4.84 Å². The Hall–Kier alpha value is -3.78. The van der Waals surface area contributed by atoms with Crippen LogP contribution in [0.15, 0.2) is 59.1 Å². The average Bonchev–Trinajstić information content (AvgIpc) is 3.16. The molecule has 2 N–H and O–H groups in total. The lowest BCUT2D eigenvalue weighted by Crippen LogP contribution is -2.26. The molecular weight excluding hydrogens is 412 g/mol. The van der Waals surface area contributed by atoms with Crippen molar-refractivity contribution in [3.63, 3.8) is 0 Å². The van der Waals surface area contributed by atoms with E-state index in [4.69, 9.17) is 16.7 Å². The molecular formula is C23H18N4O3S. The number of benzene rings is 3. The fourth-order valence-electron chi connectivity index (χ4n) is 4.00. The number of fused-ring (bicyclic) bond motifs is 3. The molecule has 7 nitrogen and oxygen atoms in total. The molecule has 154 valence electrons. The van der Waals surface area contributed by atoms with Gasteiger partial charge in [0.25, 0.3) is 0 Å². The number of carbonyl (C=O) groups is 2. The Bertz CT molecular complexity index is 1410. The van der Waals surface area contributed by atoms with Crippen LogP contribution in [0.25, 0.3) is 22.2 Å². The van der Waals surface area contributed by atoms with Crippen molar-refractivity contribution in [3.05, 3.63) is 65.0 Å². The second-order valence-electron chi connectivity index (χ2n) is 7.26. The smallest absolute Gasteiger partial charge is 0.314 e. The minimum absolute atomic E-state index is 0.102. The minimum Gasteiger partial charge on any atom is -0.348 e. The maximum absolute atomic E-state index is 13.2. The summed E-state index contributed by atoms with van der Waals surface area (Å²) < 4.78 is 5.04. The van der Waals surface area contributed by atoms with Gasteiger partial charge in [0.05, 0.1) is 11.4 Å². The van der Waals surface area contributed by atoms with Crippen LogP contribution in [0.2, 0.25) is 0 Å². The molecule has 8 heteroatoms.